The van der Waals surface area contributed by atoms with Crippen LogP contribution in [0, 0.1) is 0 Å². The van der Waals surface area contributed by atoms with Gasteiger partial charge in [-0.05, 0) is 37.1 Å². The Morgan fingerprint density at radius 2 is 2.13 bits per heavy atom. The van der Waals surface area contributed by atoms with Crippen molar-refractivity contribution in [2.24, 2.45) is 5.10 Å². The fourth-order valence-electron chi connectivity index (χ4n) is 1.97. The summed E-state index contributed by atoms with van der Waals surface area (Å²) >= 11 is 1.50. The first kappa shape index (κ1) is 17.3. The summed E-state index contributed by atoms with van der Waals surface area (Å²) in [6.45, 7) is 5.46. The number of anilines is 1. The van der Waals surface area contributed by atoms with E-state index in [0.717, 1.165) is 28.6 Å². The molecule has 23 heavy (non-hydrogen) atoms. The summed E-state index contributed by atoms with van der Waals surface area (Å²) in [4.78, 5) is 4.11. The summed E-state index contributed by atoms with van der Waals surface area (Å²) in [5.41, 5.74) is 3.84. The van der Waals surface area contributed by atoms with Gasteiger partial charge in [0.25, 0.3) is 0 Å². The van der Waals surface area contributed by atoms with Gasteiger partial charge in [0, 0.05) is 11.6 Å². The van der Waals surface area contributed by atoms with Crippen molar-refractivity contribution in [3.8, 4) is 11.5 Å². The van der Waals surface area contributed by atoms with Crippen LogP contribution in [0.25, 0.3) is 0 Å². The minimum absolute atomic E-state index is 0.600. The first-order valence-electron chi connectivity index (χ1n) is 7.91. The fourth-order valence-corrected chi connectivity index (χ4v) is 2.45. The van der Waals surface area contributed by atoms with Crippen molar-refractivity contribution in [2.75, 3.05) is 18.6 Å². The summed E-state index contributed by atoms with van der Waals surface area (Å²) in [5, 5.41) is 6.84. The number of hydrogen-bond acceptors (Lipinski definition) is 6. The second-order valence-corrected chi connectivity index (χ2v) is 5.80. The van der Waals surface area contributed by atoms with Crippen LogP contribution in [-0.2, 0) is 0 Å². The molecule has 1 aromatic carbocycles. The summed E-state index contributed by atoms with van der Waals surface area (Å²) in [6.07, 6.45) is 6.90. The van der Waals surface area contributed by atoms with Crippen molar-refractivity contribution < 1.29 is 9.47 Å². The molecule has 0 radical (unpaired) electrons. The highest BCUT2D eigenvalue weighted by molar-refractivity contribution is 7.13. The Morgan fingerprint density at radius 1 is 1.22 bits per heavy atom. The quantitative estimate of drug-likeness (QED) is 0.393. The Morgan fingerprint density at radius 3 is 2.87 bits per heavy atom. The molecule has 1 heterocycles. The molecule has 0 aliphatic carbocycles. The highest BCUT2D eigenvalue weighted by Gasteiger charge is 2.06. The number of aromatic nitrogens is 1. The highest BCUT2D eigenvalue weighted by atomic mass is 32.1. The molecule has 0 aliphatic rings. The number of hydrazone groups is 1. The molecule has 2 aromatic rings. The lowest BCUT2D eigenvalue weighted by Crippen LogP contribution is -2.01. The molecule has 6 heteroatoms. The highest BCUT2D eigenvalue weighted by Crippen LogP contribution is 2.28. The van der Waals surface area contributed by atoms with E-state index in [1.54, 1.807) is 12.4 Å². The van der Waals surface area contributed by atoms with E-state index in [1.807, 2.05) is 30.5 Å². The number of hydrogen-bond donors (Lipinski definition) is 1. The van der Waals surface area contributed by atoms with Crippen LogP contribution in [0.5, 0.6) is 11.5 Å². The van der Waals surface area contributed by atoms with E-state index in [1.165, 1.54) is 24.2 Å². The largest absolute Gasteiger partial charge is 0.490 e. The fraction of sp³-hybridized carbons (Fsp3) is 0.412. The van der Waals surface area contributed by atoms with Gasteiger partial charge in [0.15, 0.2) is 11.5 Å². The lowest BCUT2D eigenvalue weighted by Gasteiger charge is -2.12. The first-order chi connectivity index (χ1) is 11.3. The van der Waals surface area contributed by atoms with Crippen LogP contribution in [0.15, 0.2) is 34.9 Å². The molecule has 1 aromatic heterocycles. The molecule has 124 valence electrons. The van der Waals surface area contributed by atoms with Crippen LogP contribution in [0.3, 0.4) is 0 Å². The van der Waals surface area contributed by atoms with E-state index in [2.05, 4.69) is 22.4 Å². The van der Waals surface area contributed by atoms with Gasteiger partial charge in [0.2, 0.25) is 5.13 Å². The van der Waals surface area contributed by atoms with Gasteiger partial charge in [-0.2, -0.15) is 5.10 Å². The van der Waals surface area contributed by atoms with Crippen molar-refractivity contribution in [2.45, 2.75) is 33.1 Å². The topological polar surface area (TPSA) is 55.7 Å². The molecule has 0 atom stereocenters. The van der Waals surface area contributed by atoms with E-state index < -0.39 is 0 Å². The van der Waals surface area contributed by atoms with E-state index in [4.69, 9.17) is 9.47 Å². The zero-order chi connectivity index (χ0) is 16.3. The van der Waals surface area contributed by atoms with E-state index in [0.29, 0.717) is 13.2 Å². The second kappa shape index (κ2) is 9.84. The van der Waals surface area contributed by atoms with Gasteiger partial charge in [0.05, 0.1) is 19.4 Å². The van der Waals surface area contributed by atoms with Crippen molar-refractivity contribution >= 4 is 22.7 Å². The molecular weight excluding hydrogens is 310 g/mol. The third-order valence-corrected chi connectivity index (χ3v) is 3.76. The average Bonchev–Trinajstić information content (AvgIpc) is 3.07. The van der Waals surface area contributed by atoms with Crippen LogP contribution < -0.4 is 14.9 Å². The molecule has 0 saturated heterocycles. The number of nitrogens with one attached hydrogen (secondary N) is 1. The maximum Gasteiger partial charge on any atom is 0.203 e. The van der Waals surface area contributed by atoms with Crippen molar-refractivity contribution in [1.29, 1.82) is 0 Å². The van der Waals surface area contributed by atoms with Gasteiger partial charge in [-0.3, -0.25) is 5.43 Å². The van der Waals surface area contributed by atoms with Crippen LogP contribution in [0.2, 0.25) is 0 Å². The van der Waals surface area contributed by atoms with Crippen molar-refractivity contribution in [3.63, 3.8) is 0 Å². The van der Waals surface area contributed by atoms with Gasteiger partial charge >= 0.3 is 0 Å². The zero-order valence-corrected chi connectivity index (χ0v) is 14.4. The summed E-state index contributed by atoms with van der Waals surface area (Å²) in [7, 11) is 0. The zero-order valence-electron chi connectivity index (χ0n) is 13.6. The van der Waals surface area contributed by atoms with Gasteiger partial charge in [0.1, 0.15) is 0 Å². The lowest BCUT2D eigenvalue weighted by atomic mass is 10.2. The summed E-state index contributed by atoms with van der Waals surface area (Å²) < 4.78 is 11.5. The van der Waals surface area contributed by atoms with E-state index >= 15 is 0 Å². The molecular formula is C17H23N3O2S. The van der Waals surface area contributed by atoms with Crippen LogP contribution >= 0.6 is 11.3 Å². The Balaban J connectivity index is 1.97. The smallest absolute Gasteiger partial charge is 0.203 e. The van der Waals surface area contributed by atoms with Gasteiger partial charge < -0.3 is 9.47 Å². The summed E-state index contributed by atoms with van der Waals surface area (Å²) in [5.74, 6) is 1.54. The third kappa shape index (κ3) is 5.90. The molecule has 1 N–H and O–H groups in total. The molecule has 0 fully saturated rings. The van der Waals surface area contributed by atoms with E-state index in [-0.39, 0.29) is 0 Å². The Labute approximate surface area is 141 Å². The van der Waals surface area contributed by atoms with Crippen LogP contribution in [-0.4, -0.2) is 24.4 Å². The molecule has 0 unspecified atom stereocenters. The molecule has 0 bridgehead atoms. The monoisotopic (exact) mass is 333 g/mol. The Hall–Kier alpha value is -2.08. The maximum atomic E-state index is 5.82. The van der Waals surface area contributed by atoms with Gasteiger partial charge in [-0.1, -0.05) is 19.8 Å². The van der Waals surface area contributed by atoms with Crippen molar-refractivity contribution in [1.82, 2.24) is 4.98 Å². The second-order valence-electron chi connectivity index (χ2n) is 4.90. The number of benzene rings is 1. The summed E-state index contributed by atoms with van der Waals surface area (Å²) in [6, 6.07) is 5.83. The normalized spacial score (nSPS) is 10.9. The Bertz CT molecular complexity index is 600. The van der Waals surface area contributed by atoms with Crippen LogP contribution in [0.1, 0.15) is 38.7 Å². The number of nitrogens with zero attached hydrogens (tertiary/aromatic N) is 2. The predicted octanol–water partition coefficient (Wildman–Crippen LogP) is 4.56. The minimum atomic E-state index is 0.600. The Kier molecular flexibility index (Phi) is 7.39. The first-order valence-corrected chi connectivity index (χ1v) is 8.79. The number of ether oxygens (including phenoxy) is 2. The third-order valence-electron chi connectivity index (χ3n) is 3.08. The number of thiazole rings is 1. The van der Waals surface area contributed by atoms with Gasteiger partial charge in [-0.15, -0.1) is 11.3 Å². The predicted molar refractivity (Wildman–Crippen MR) is 96.0 cm³/mol. The lowest BCUT2D eigenvalue weighted by molar-refractivity contribution is 0.271. The SMILES string of the molecule is CCCCCOc1ccc(/C=N\Nc2nccs2)cc1OCC. The number of rotatable bonds is 10. The average molecular weight is 333 g/mol. The number of unbranched alkanes of at least 4 members (excludes halogenated alkanes) is 2. The van der Waals surface area contributed by atoms with Crippen LogP contribution in [0.4, 0.5) is 5.13 Å². The molecule has 0 aliphatic heterocycles. The van der Waals surface area contributed by atoms with Crippen molar-refractivity contribution in [3.05, 3.63) is 35.3 Å². The molecule has 0 saturated carbocycles. The minimum Gasteiger partial charge on any atom is -0.490 e. The maximum absolute atomic E-state index is 5.82. The molecule has 0 amide bonds. The van der Waals surface area contributed by atoms with Gasteiger partial charge in [-0.25, -0.2) is 4.98 Å². The molecule has 5 nitrogen and oxygen atoms in total. The molecule has 0 spiro atoms. The molecule has 2 rings (SSSR count). The standard InChI is InChI=1S/C17H23N3O2S/c1-3-5-6-10-22-15-8-7-14(12-16(15)21-4-2)13-19-20-17-18-9-11-23-17/h7-9,11-13H,3-6,10H2,1-2H3,(H,18,20)/b19-13-. The van der Waals surface area contributed by atoms with E-state index in [9.17, 15) is 0 Å².